The number of carbonyl (C=O) groups is 4. The van der Waals surface area contributed by atoms with Gasteiger partial charge in [-0.3, -0.25) is 10.6 Å². The summed E-state index contributed by atoms with van der Waals surface area (Å²) in [5, 5.41) is 25.4. The van der Waals surface area contributed by atoms with Crippen LogP contribution in [0.15, 0.2) is 0 Å². The third-order valence-electron chi connectivity index (χ3n) is 4.02. The first-order valence-corrected chi connectivity index (χ1v) is 10.5. The highest BCUT2D eigenvalue weighted by Crippen LogP contribution is 2.30. The number of hydrogen-bond donors (Lipinski definition) is 4. The van der Waals surface area contributed by atoms with Crippen molar-refractivity contribution < 1.29 is 38.9 Å². The molecule has 12 heteroatoms. The van der Waals surface area contributed by atoms with Gasteiger partial charge in [0.05, 0.1) is 9.74 Å². The SMILES string of the molecule is CC1(C)N[C@@H](C(=O)OC(=O)C(O)C(O)C(=O)OC(=O)[C@H]2CSC(C)(C)N2)CS1. The van der Waals surface area contributed by atoms with Crippen LogP contribution in [-0.2, 0) is 28.7 Å². The fourth-order valence-corrected chi connectivity index (χ4v) is 4.62. The fourth-order valence-electron chi connectivity index (χ4n) is 2.56. The summed E-state index contributed by atoms with van der Waals surface area (Å²) >= 11 is 2.89. The van der Waals surface area contributed by atoms with E-state index in [0.717, 1.165) is 0 Å². The first-order valence-electron chi connectivity index (χ1n) is 8.52. The number of thioether (sulfide) groups is 2. The third-order valence-corrected chi connectivity index (χ3v) is 6.70. The topological polar surface area (TPSA) is 151 Å². The Hall–Kier alpha value is -1.18. The van der Waals surface area contributed by atoms with E-state index >= 15 is 0 Å². The van der Waals surface area contributed by atoms with Crippen LogP contribution in [0.2, 0.25) is 0 Å². The second-order valence-electron chi connectivity index (χ2n) is 7.41. The molecular weight excluding hydrogens is 412 g/mol. The summed E-state index contributed by atoms with van der Waals surface area (Å²) in [6.07, 6.45) is -4.73. The zero-order chi connectivity index (χ0) is 21.3. The van der Waals surface area contributed by atoms with Crippen LogP contribution in [-0.4, -0.2) is 79.6 Å². The average molecular weight is 437 g/mol. The number of esters is 4. The van der Waals surface area contributed by atoms with E-state index in [9.17, 15) is 29.4 Å². The van der Waals surface area contributed by atoms with Gasteiger partial charge < -0.3 is 19.7 Å². The van der Waals surface area contributed by atoms with E-state index in [4.69, 9.17) is 0 Å². The third kappa shape index (κ3) is 5.91. The maximum Gasteiger partial charge on any atom is 0.346 e. The lowest BCUT2D eigenvalue weighted by Crippen LogP contribution is -2.48. The molecule has 0 aromatic carbocycles. The Kier molecular flexibility index (Phi) is 7.16. The molecule has 2 fully saturated rings. The first-order chi connectivity index (χ1) is 12.8. The molecule has 0 saturated carbocycles. The number of aliphatic hydroxyl groups excluding tert-OH is 2. The van der Waals surface area contributed by atoms with Gasteiger partial charge in [-0.15, -0.1) is 23.5 Å². The van der Waals surface area contributed by atoms with Crippen molar-refractivity contribution >= 4 is 47.4 Å². The van der Waals surface area contributed by atoms with Gasteiger partial charge in [0, 0.05) is 11.5 Å². The Labute approximate surface area is 170 Å². The molecule has 0 radical (unpaired) electrons. The second-order valence-corrected chi connectivity index (χ2v) is 10.7. The molecule has 4 atom stereocenters. The van der Waals surface area contributed by atoms with Gasteiger partial charge >= 0.3 is 23.9 Å². The van der Waals surface area contributed by atoms with Crippen molar-refractivity contribution in [3.8, 4) is 0 Å². The van der Waals surface area contributed by atoms with E-state index in [1.54, 1.807) is 0 Å². The highest BCUT2D eigenvalue weighted by Gasteiger charge is 2.41. The smallest absolute Gasteiger partial charge is 0.346 e. The second kappa shape index (κ2) is 8.67. The monoisotopic (exact) mass is 436 g/mol. The van der Waals surface area contributed by atoms with Crippen LogP contribution in [0.1, 0.15) is 27.7 Å². The van der Waals surface area contributed by atoms with Crippen LogP contribution in [0, 0.1) is 0 Å². The predicted octanol–water partition coefficient (Wildman–Crippen LogP) is -1.27. The maximum absolute atomic E-state index is 12.0. The molecule has 10 nitrogen and oxygen atoms in total. The molecule has 0 aromatic heterocycles. The molecule has 4 N–H and O–H groups in total. The van der Waals surface area contributed by atoms with Crippen molar-refractivity contribution in [3.05, 3.63) is 0 Å². The molecule has 158 valence electrons. The van der Waals surface area contributed by atoms with E-state index < -0.39 is 48.2 Å². The lowest BCUT2D eigenvalue weighted by atomic mass is 10.2. The van der Waals surface area contributed by atoms with Gasteiger partial charge in [-0.25, -0.2) is 19.2 Å². The Bertz CT molecular complexity index is 613. The van der Waals surface area contributed by atoms with Crippen LogP contribution < -0.4 is 10.6 Å². The highest BCUT2D eigenvalue weighted by molar-refractivity contribution is 8.01. The number of nitrogens with one attached hydrogen (secondary N) is 2. The van der Waals surface area contributed by atoms with Crippen molar-refractivity contribution in [2.45, 2.75) is 61.7 Å². The van der Waals surface area contributed by atoms with Crippen molar-refractivity contribution in [2.24, 2.45) is 0 Å². The van der Waals surface area contributed by atoms with Gasteiger partial charge in [0.2, 0.25) is 0 Å². The molecule has 2 unspecified atom stereocenters. The number of carbonyl (C=O) groups excluding carboxylic acids is 4. The summed E-state index contributed by atoms with van der Waals surface area (Å²) in [6.45, 7) is 7.38. The van der Waals surface area contributed by atoms with E-state index in [1.807, 2.05) is 27.7 Å². The number of ether oxygens (including phenoxy) is 2. The largest absolute Gasteiger partial charge is 0.390 e. The standard InChI is InChI=1S/C16H24N2O8S2/c1-15(2)17-7(5-27-15)11(21)25-13(23)9(19)10(20)14(24)26-12(22)8-6-28-16(3,4)18-8/h7-10,17-20H,5-6H2,1-4H3/t7-,8-,9?,10?/m1/s1. The molecule has 2 aliphatic heterocycles. The molecule has 2 rings (SSSR count). The number of rotatable bonds is 5. The first kappa shape index (κ1) is 23.1. The maximum atomic E-state index is 12.0. The molecule has 0 aromatic rings. The Morgan fingerprint density at radius 2 is 1.14 bits per heavy atom. The van der Waals surface area contributed by atoms with Gasteiger partial charge in [0.15, 0.2) is 12.2 Å². The predicted molar refractivity (Wildman–Crippen MR) is 101 cm³/mol. The van der Waals surface area contributed by atoms with Crippen LogP contribution >= 0.6 is 23.5 Å². The van der Waals surface area contributed by atoms with Gasteiger partial charge in [-0.1, -0.05) is 0 Å². The molecule has 0 bridgehead atoms. The minimum atomic E-state index is -2.37. The van der Waals surface area contributed by atoms with Gasteiger partial charge in [0.25, 0.3) is 0 Å². The van der Waals surface area contributed by atoms with E-state index in [2.05, 4.69) is 20.1 Å². The minimum Gasteiger partial charge on any atom is -0.390 e. The molecule has 2 saturated heterocycles. The van der Waals surface area contributed by atoms with Crippen molar-refractivity contribution in [1.82, 2.24) is 10.6 Å². The quantitative estimate of drug-likeness (QED) is 0.300. The van der Waals surface area contributed by atoms with Crippen LogP contribution in [0.25, 0.3) is 0 Å². The summed E-state index contributed by atoms with van der Waals surface area (Å²) in [7, 11) is 0. The van der Waals surface area contributed by atoms with Crippen LogP contribution in [0.4, 0.5) is 0 Å². The molecular formula is C16H24N2O8S2. The van der Waals surface area contributed by atoms with E-state index in [0.29, 0.717) is 11.5 Å². The summed E-state index contributed by atoms with van der Waals surface area (Å²) in [5.74, 6) is -4.17. The van der Waals surface area contributed by atoms with Gasteiger partial charge in [-0.05, 0) is 27.7 Å². The summed E-state index contributed by atoms with van der Waals surface area (Å²) in [4.78, 5) is 46.9. The summed E-state index contributed by atoms with van der Waals surface area (Å²) in [6, 6.07) is -1.53. The Morgan fingerprint density at radius 3 is 1.39 bits per heavy atom. The molecule has 0 aliphatic carbocycles. The van der Waals surface area contributed by atoms with Crippen LogP contribution in [0.5, 0.6) is 0 Å². The average Bonchev–Trinajstić information content (AvgIpc) is 3.14. The molecule has 2 heterocycles. The highest BCUT2D eigenvalue weighted by atomic mass is 32.2. The normalized spacial score (nSPS) is 27.6. The van der Waals surface area contributed by atoms with Crippen molar-refractivity contribution in [2.75, 3.05) is 11.5 Å². The van der Waals surface area contributed by atoms with Crippen molar-refractivity contribution in [1.29, 1.82) is 0 Å². The molecule has 28 heavy (non-hydrogen) atoms. The van der Waals surface area contributed by atoms with Crippen molar-refractivity contribution in [3.63, 3.8) is 0 Å². The summed E-state index contributed by atoms with van der Waals surface area (Å²) in [5.41, 5.74) is 0. The fraction of sp³-hybridized carbons (Fsp3) is 0.750. The molecule has 0 spiro atoms. The molecule has 0 amide bonds. The van der Waals surface area contributed by atoms with E-state index in [1.165, 1.54) is 23.5 Å². The lowest BCUT2D eigenvalue weighted by molar-refractivity contribution is -0.181. The zero-order valence-corrected chi connectivity index (χ0v) is 17.5. The van der Waals surface area contributed by atoms with Crippen LogP contribution in [0.3, 0.4) is 0 Å². The minimum absolute atomic E-state index is 0.358. The van der Waals surface area contributed by atoms with E-state index in [-0.39, 0.29) is 9.74 Å². The zero-order valence-electron chi connectivity index (χ0n) is 15.9. The molecule has 2 aliphatic rings. The van der Waals surface area contributed by atoms with Gasteiger partial charge in [-0.2, -0.15) is 0 Å². The number of hydrogen-bond acceptors (Lipinski definition) is 12. The Balaban J connectivity index is 1.84. The number of aliphatic hydroxyl groups is 2. The lowest BCUT2D eigenvalue weighted by Gasteiger charge is -2.19. The van der Waals surface area contributed by atoms with Gasteiger partial charge in [0.1, 0.15) is 12.1 Å². The summed E-state index contributed by atoms with van der Waals surface area (Å²) < 4.78 is 9.04. The Morgan fingerprint density at radius 1 is 0.821 bits per heavy atom.